The normalized spacial score (nSPS) is 11.0. The molecule has 0 aliphatic carbocycles. The zero-order valence-electron chi connectivity index (χ0n) is 13.7. The van der Waals surface area contributed by atoms with E-state index in [2.05, 4.69) is 34.6 Å². The Bertz CT molecular complexity index is 1010. The second-order valence-electron chi connectivity index (χ2n) is 6.09. The summed E-state index contributed by atoms with van der Waals surface area (Å²) >= 11 is 0. The Balaban J connectivity index is 1.66. The van der Waals surface area contributed by atoms with Crippen molar-refractivity contribution in [2.45, 2.75) is 6.42 Å². The van der Waals surface area contributed by atoms with Crippen LogP contribution in [-0.2, 0) is 6.42 Å². The summed E-state index contributed by atoms with van der Waals surface area (Å²) in [7, 11) is 0. The summed E-state index contributed by atoms with van der Waals surface area (Å²) in [6, 6.07) is 21.4. The van der Waals surface area contributed by atoms with Crippen molar-refractivity contribution < 1.29 is 15.2 Å². The van der Waals surface area contributed by atoms with Crippen LogP contribution >= 0.6 is 0 Å². The van der Waals surface area contributed by atoms with Gasteiger partial charge >= 0.3 is 0 Å². The largest absolute Gasteiger partial charge is 0.504 e. The van der Waals surface area contributed by atoms with Gasteiger partial charge in [0, 0.05) is 18.7 Å². The van der Waals surface area contributed by atoms with Crippen LogP contribution in [0.2, 0.25) is 0 Å². The lowest BCUT2D eigenvalue weighted by Crippen LogP contribution is -2.11. The third kappa shape index (κ3) is 2.94. The number of nitrogens with one attached hydrogen (secondary N) is 2. The van der Waals surface area contributed by atoms with E-state index in [1.54, 1.807) is 6.07 Å². The predicted octanol–water partition coefficient (Wildman–Crippen LogP) is 3.87. The second kappa shape index (κ2) is 6.32. The van der Waals surface area contributed by atoms with Gasteiger partial charge in [-0.15, -0.1) is 0 Å². The number of rotatable bonds is 4. The van der Waals surface area contributed by atoms with E-state index in [1.807, 2.05) is 30.3 Å². The molecule has 4 heteroatoms. The number of H-pyrrole nitrogens is 1. The number of aromatic nitrogens is 1. The highest BCUT2D eigenvalue weighted by atomic mass is 16.3. The first kappa shape index (κ1) is 15.3. The van der Waals surface area contributed by atoms with Crippen molar-refractivity contribution >= 4 is 27.5 Å². The minimum absolute atomic E-state index is 0.0808. The fraction of sp³-hybridized carbons (Fsp3) is 0.0952. The standard InChI is InChI=1S/C21H18N2O2/c24-19-10-9-14(13-20(19)25)11-12-22-21-15-5-1-3-7-17(15)23-18-8-4-2-6-16(18)21/h1-10,13,24-25H,11-12H2,(H,22,23)/p+1. The third-order valence-corrected chi connectivity index (χ3v) is 4.42. The number of fused-ring (bicyclic) bond motifs is 2. The van der Waals surface area contributed by atoms with E-state index in [0.717, 1.165) is 46.0 Å². The van der Waals surface area contributed by atoms with Crippen molar-refractivity contribution in [3.8, 4) is 11.5 Å². The number of hydrogen-bond donors (Lipinski definition) is 3. The van der Waals surface area contributed by atoms with Crippen LogP contribution in [0.15, 0.2) is 66.7 Å². The average molecular weight is 331 g/mol. The van der Waals surface area contributed by atoms with Crippen molar-refractivity contribution in [1.82, 2.24) is 0 Å². The van der Waals surface area contributed by atoms with Gasteiger partial charge in [-0.05, 0) is 36.2 Å². The topological polar surface area (TPSA) is 66.6 Å². The van der Waals surface area contributed by atoms with Crippen LogP contribution in [0.1, 0.15) is 5.56 Å². The molecule has 0 fully saturated rings. The quantitative estimate of drug-likeness (QED) is 0.393. The molecule has 0 aliphatic rings. The first-order valence-electron chi connectivity index (χ1n) is 8.30. The first-order chi connectivity index (χ1) is 12.2. The molecule has 0 atom stereocenters. The fourth-order valence-corrected chi connectivity index (χ4v) is 3.16. The zero-order valence-corrected chi connectivity index (χ0v) is 13.7. The van der Waals surface area contributed by atoms with Gasteiger partial charge in [-0.25, -0.2) is 4.98 Å². The van der Waals surface area contributed by atoms with Crippen LogP contribution < -0.4 is 10.3 Å². The summed E-state index contributed by atoms with van der Waals surface area (Å²) in [6.07, 6.45) is 0.745. The van der Waals surface area contributed by atoms with Gasteiger partial charge < -0.3 is 15.5 Å². The van der Waals surface area contributed by atoms with Gasteiger partial charge in [-0.1, -0.05) is 30.3 Å². The Morgan fingerprint density at radius 2 is 1.40 bits per heavy atom. The monoisotopic (exact) mass is 331 g/mol. The average Bonchev–Trinajstić information content (AvgIpc) is 2.64. The van der Waals surface area contributed by atoms with Gasteiger partial charge in [-0.3, -0.25) is 0 Å². The Morgan fingerprint density at radius 1 is 0.760 bits per heavy atom. The summed E-state index contributed by atoms with van der Waals surface area (Å²) in [5, 5.41) is 24.9. The smallest absolute Gasteiger partial charge is 0.213 e. The van der Waals surface area contributed by atoms with E-state index in [9.17, 15) is 10.2 Å². The summed E-state index contributed by atoms with van der Waals surface area (Å²) in [5.74, 6) is -0.171. The van der Waals surface area contributed by atoms with Crippen LogP contribution in [0.4, 0.5) is 5.69 Å². The lowest BCUT2D eigenvalue weighted by molar-refractivity contribution is -0.310. The van der Waals surface area contributed by atoms with Crippen LogP contribution in [0.3, 0.4) is 0 Å². The Labute approximate surface area is 145 Å². The van der Waals surface area contributed by atoms with E-state index in [-0.39, 0.29) is 11.5 Å². The SMILES string of the molecule is Oc1ccc(CCNc2c3ccccc3[nH+]c3ccccc23)cc1O. The summed E-state index contributed by atoms with van der Waals surface area (Å²) in [6.45, 7) is 0.724. The highest BCUT2D eigenvalue weighted by molar-refractivity contribution is 6.04. The molecule has 0 saturated heterocycles. The van der Waals surface area contributed by atoms with Gasteiger partial charge in [0.1, 0.15) is 0 Å². The maximum atomic E-state index is 9.62. The summed E-state index contributed by atoms with van der Waals surface area (Å²) in [4.78, 5) is 3.47. The molecule has 4 aromatic rings. The van der Waals surface area contributed by atoms with Crippen LogP contribution in [-0.4, -0.2) is 16.8 Å². The maximum absolute atomic E-state index is 9.62. The molecule has 4 rings (SSSR count). The van der Waals surface area contributed by atoms with E-state index >= 15 is 0 Å². The van der Waals surface area contributed by atoms with E-state index in [0.29, 0.717) is 0 Å². The van der Waals surface area contributed by atoms with Crippen molar-refractivity contribution in [1.29, 1.82) is 0 Å². The number of hydrogen-bond acceptors (Lipinski definition) is 3. The molecule has 0 amide bonds. The van der Waals surface area contributed by atoms with E-state index in [4.69, 9.17) is 0 Å². The second-order valence-corrected chi connectivity index (χ2v) is 6.09. The highest BCUT2D eigenvalue weighted by Crippen LogP contribution is 2.29. The minimum atomic E-state index is -0.0905. The van der Waals surface area contributed by atoms with Crippen molar-refractivity contribution in [2.75, 3.05) is 11.9 Å². The number of aromatic hydroxyl groups is 2. The van der Waals surface area contributed by atoms with Gasteiger partial charge in [0.25, 0.3) is 0 Å². The number of anilines is 1. The van der Waals surface area contributed by atoms with Crippen LogP contribution in [0, 0.1) is 0 Å². The van der Waals surface area contributed by atoms with Crippen molar-refractivity contribution in [2.24, 2.45) is 0 Å². The zero-order chi connectivity index (χ0) is 17.2. The molecular formula is C21H19N2O2+. The van der Waals surface area contributed by atoms with Crippen molar-refractivity contribution in [3.05, 3.63) is 72.3 Å². The van der Waals surface area contributed by atoms with Crippen LogP contribution in [0.5, 0.6) is 11.5 Å². The Hall–Kier alpha value is -3.27. The molecule has 124 valence electrons. The molecule has 0 spiro atoms. The summed E-state index contributed by atoms with van der Waals surface area (Å²) in [5.41, 5.74) is 4.25. The highest BCUT2D eigenvalue weighted by Gasteiger charge is 2.12. The minimum Gasteiger partial charge on any atom is -0.504 e. The van der Waals surface area contributed by atoms with Gasteiger partial charge in [0.15, 0.2) is 11.5 Å². The first-order valence-corrected chi connectivity index (χ1v) is 8.30. The van der Waals surface area contributed by atoms with Crippen molar-refractivity contribution in [3.63, 3.8) is 0 Å². The molecule has 1 heterocycles. The van der Waals surface area contributed by atoms with Gasteiger partial charge in [-0.2, -0.15) is 0 Å². The van der Waals surface area contributed by atoms with E-state index < -0.39 is 0 Å². The van der Waals surface area contributed by atoms with E-state index in [1.165, 1.54) is 6.07 Å². The number of aromatic amines is 1. The number of para-hydroxylation sites is 2. The number of pyridine rings is 1. The maximum Gasteiger partial charge on any atom is 0.213 e. The molecule has 0 radical (unpaired) electrons. The molecule has 0 unspecified atom stereocenters. The van der Waals surface area contributed by atoms with Crippen LogP contribution in [0.25, 0.3) is 21.8 Å². The Morgan fingerprint density at radius 3 is 2.04 bits per heavy atom. The molecule has 3 aromatic carbocycles. The third-order valence-electron chi connectivity index (χ3n) is 4.42. The van der Waals surface area contributed by atoms with Gasteiger partial charge in [0.05, 0.1) is 16.5 Å². The number of phenolic OH excluding ortho intramolecular Hbond substituents is 2. The molecule has 0 aliphatic heterocycles. The molecule has 0 saturated carbocycles. The summed E-state index contributed by atoms with van der Waals surface area (Å²) < 4.78 is 0. The molecule has 0 bridgehead atoms. The number of phenols is 2. The number of benzene rings is 3. The predicted molar refractivity (Wildman–Crippen MR) is 100.0 cm³/mol. The Kier molecular flexibility index (Phi) is 3.86. The molecule has 1 aromatic heterocycles. The molecule has 25 heavy (non-hydrogen) atoms. The fourth-order valence-electron chi connectivity index (χ4n) is 3.16. The molecular weight excluding hydrogens is 312 g/mol. The lowest BCUT2D eigenvalue weighted by Gasteiger charge is -2.11. The lowest BCUT2D eigenvalue weighted by atomic mass is 10.1. The molecule has 4 nitrogen and oxygen atoms in total. The van der Waals surface area contributed by atoms with Gasteiger partial charge in [0.2, 0.25) is 11.0 Å². The molecule has 4 N–H and O–H groups in total.